The quantitative estimate of drug-likeness (QED) is 0.488. The lowest BCUT2D eigenvalue weighted by Crippen LogP contribution is -2.42. The van der Waals surface area contributed by atoms with Crippen LogP contribution in [0.25, 0.3) is 0 Å². The molecule has 0 spiro atoms. The van der Waals surface area contributed by atoms with Gasteiger partial charge in [-0.1, -0.05) is 38.1 Å². The van der Waals surface area contributed by atoms with Crippen LogP contribution in [-0.4, -0.2) is 47.8 Å². The Morgan fingerprint density at radius 1 is 1.17 bits per heavy atom. The van der Waals surface area contributed by atoms with E-state index in [0.717, 1.165) is 10.5 Å². The van der Waals surface area contributed by atoms with Crippen LogP contribution in [-0.2, 0) is 20.7 Å². The number of esters is 1. The van der Waals surface area contributed by atoms with Gasteiger partial charge in [0.2, 0.25) is 5.91 Å². The molecule has 7 heteroatoms. The Labute approximate surface area is 180 Å². The molecule has 0 radical (unpaired) electrons. The maximum absolute atomic E-state index is 13.9. The molecule has 1 saturated heterocycles. The molecule has 0 N–H and O–H groups in total. The summed E-state index contributed by atoms with van der Waals surface area (Å²) in [6.45, 7) is 4.46. The number of thioether (sulfide) groups is 1. The van der Waals surface area contributed by atoms with E-state index >= 15 is 0 Å². The zero-order valence-corrected chi connectivity index (χ0v) is 18.2. The SMILES string of the molecule is COC(=O)C1CC(Oc2ccccc2F)CN1C(=O)Cc1ccc(SC(C)C)cc1. The van der Waals surface area contributed by atoms with Crippen LogP contribution in [0.2, 0.25) is 0 Å². The van der Waals surface area contributed by atoms with Gasteiger partial charge in [-0.25, -0.2) is 9.18 Å². The normalized spacial score (nSPS) is 18.5. The standard InChI is InChI=1S/C23H26FNO4S/c1-15(2)30-18-10-8-16(9-11-18)12-22(26)25-14-17(13-20(25)23(27)28-3)29-21-7-5-4-6-19(21)24/h4-11,15,17,20H,12-14H2,1-3H3. The summed E-state index contributed by atoms with van der Waals surface area (Å²) < 4.78 is 24.5. The van der Waals surface area contributed by atoms with Crippen molar-refractivity contribution in [2.75, 3.05) is 13.7 Å². The minimum atomic E-state index is -0.741. The Balaban J connectivity index is 1.69. The smallest absolute Gasteiger partial charge is 0.328 e. The number of halogens is 1. The third-order valence-electron chi connectivity index (χ3n) is 4.84. The molecule has 1 aliphatic heterocycles. The highest BCUT2D eigenvalue weighted by Crippen LogP contribution is 2.27. The topological polar surface area (TPSA) is 55.8 Å². The average Bonchev–Trinajstić information content (AvgIpc) is 3.14. The summed E-state index contributed by atoms with van der Waals surface area (Å²) in [5.41, 5.74) is 0.871. The van der Waals surface area contributed by atoms with Crippen LogP contribution in [0.3, 0.4) is 0 Å². The van der Waals surface area contributed by atoms with E-state index in [4.69, 9.17) is 9.47 Å². The number of carbonyl (C=O) groups excluding carboxylic acids is 2. The van der Waals surface area contributed by atoms with E-state index < -0.39 is 23.9 Å². The molecule has 3 rings (SSSR count). The van der Waals surface area contributed by atoms with Gasteiger partial charge < -0.3 is 14.4 Å². The Kier molecular flexibility index (Phi) is 7.37. The first kappa shape index (κ1) is 22.2. The van der Waals surface area contributed by atoms with Crippen molar-refractivity contribution in [2.45, 2.75) is 49.0 Å². The fourth-order valence-electron chi connectivity index (χ4n) is 3.47. The van der Waals surface area contributed by atoms with Gasteiger partial charge in [-0.05, 0) is 29.8 Å². The fourth-order valence-corrected chi connectivity index (χ4v) is 4.31. The number of methoxy groups -OCH3 is 1. The van der Waals surface area contributed by atoms with Gasteiger partial charge in [0.15, 0.2) is 11.6 Å². The number of hydrogen-bond acceptors (Lipinski definition) is 5. The zero-order valence-electron chi connectivity index (χ0n) is 17.3. The molecule has 160 valence electrons. The van der Waals surface area contributed by atoms with Gasteiger partial charge in [0, 0.05) is 16.6 Å². The molecule has 1 aliphatic rings. The van der Waals surface area contributed by atoms with E-state index in [1.807, 2.05) is 24.3 Å². The molecule has 2 aromatic carbocycles. The van der Waals surface area contributed by atoms with Gasteiger partial charge in [-0.2, -0.15) is 0 Å². The summed E-state index contributed by atoms with van der Waals surface area (Å²) >= 11 is 1.76. The van der Waals surface area contributed by atoms with Crippen molar-refractivity contribution in [3.63, 3.8) is 0 Å². The maximum Gasteiger partial charge on any atom is 0.328 e. The fraction of sp³-hybridized carbons (Fsp3) is 0.391. The number of amides is 1. The van der Waals surface area contributed by atoms with E-state index in [2.05, 4.69) is 13.8 Å². The highest BCUT2D eigenvalue weighted by molar-refractivity contribution is 7.99. The lowest BCUT2D eigenvalue weighted by atomic mass is 10.1. The van der Waals surface area contributed by atoms with E-state index in [9.17, 15) is 14.0 Å². The number of likely N-dealkylation sites (tertiary alicyclic amines) is 1. The molecule has 2 unspecified atom stereocenters. The summed E-state index contributed by atoms with van der Waals surface area (Å²) in [7, 11) is 1.29. The number of nitrogens with zero attached hydrogens (tertiary/aromatic N) is 1. The molecular weight excluding hydrogens is 405 g/mol. The number of hydrogen-bond donors (Lipinski definition) is 0. The molecule has 0 aliphatic carbocycles. The third kappa shape index (κ3) is 5.53. The highest BCUT2D eigenvalue weighted by Gasteiger charge is 2.41. The molecule has 1 fully saturated rings. The van der Waals surface area contributed by atoms with Crippen molar-refractivity contribution in [1.82, 2.24) is 4.90 Å². The Morgan fingerprint density at radius 3 is 2.50 bits per heavy atom. The van der Waals surface area contributed by atoms with E-state index in [-0.39, 0.29) is 31.0 Å². The van der Waals surface area contributed by atoms with Gasteiger partial charge in [-0.3, -0.25) is 4.79 Å². The van der Waals surface area contributed by atoms with Crippen molar-refractivity contribution in [1.29, 1.82) is 0 Å². The number of ether oxygens (including phenoxy) is 2. The van der Waals surface area contributed by atoms with Crippen molar-refractivity contribution in [3.8, 4) is 5.75 Å². The van der Waals surface area contributed by atoms with Crippen LogP contribution in [0.1, 0.15) is 25.8 Å². The second-order valence-electron chi connectivity index (χ2n) is 7.48. The monoisotopic (exact) mass is 431 g/mol. The van der Waals surface area contributed by atoms with E-state index in [0.29, 0.717) is 5.25 Å². The van der Waals surface area contributed by atoms with E-state index in [1.165, 1.54) is 24.1 Å². The average molecular weight is 432 g/mol. The number of benzene rings is 2. The summed E-state index contributed by atoms with van der Waals surface area (Å²) in [5, 5.41) is 0.481. The van der Waals surface area contributed by atoms with Crippen LogP contribution >= 0.6 is 11.8 Å². The molecular formula is C23H26FNO4S. The number of carbonyl (C=O) groups is 2. The van der Waals surface area contributed by atoms with Crippen LogP contribution in [0.15, 0.2) is 53.4 Å². The molecule has 0 aromatic heterocycles. The Hall–Kier alpha value is -2.54. The predicted octanol–water partition coefficient (Wildman–Crippen LogP) is 4.09. The molecule has 1 heterocycles. The lowest BCUT2D eigenvalue weighted by molar-refractivity contribution is -0.150. The molecule has 2 atom stereocenters. The van der Waals surface area contributed by atoms with Gasteiger partial charge in [-0.15, -0.1) is 11.8 Å². The maximum atomic E-state index is 13.9. The lowest BCUT2D eigenvalue weighted by Gasteiger charge is -2.22. The van der Waals surface area contributed by atoms with E-state index in [1.54, 1.807) is 23.9 Å². The van der Waals surface area contributed by atoms with Crippen LogP contribution in [0.4, 0.5) is 4.39 Å². The summed E-state index contributed by atoms with van der Waals surface area (Å²) in [4.78, 5) is 27.8. The third-order valence-corrected chi connectivity index (χ3v) is 5.85. The first-order valence-corrected chi connectivity index (χ1v) is 10.8. The second kappa shape index (κ2) is 9.98. The molecule has 0 saturated carbocycles. The Bertz CT molecular complexity index is 887. The Morgan fingerprint density at radius 2 is 1.87 bits per heavy atom. The van der Waals surface area contributed by atoms with Crippen molar-refractivity contribution < 1.29 is 23.5 Å². The van der Waals surface area contributed by atoms with Crippen LogP contribution in [0.5, 0.6) is 5.75 Å². The van der Waals surface area contributed by atoms with Crippen LogP contribution in [0, 0.1) is 5.82 Å². The van der Waals surface area contributed by atoms with Gasteiger partial charge in [0.25, 0.3) is 0 Å². The first-order valence-electron chi connectivity index (χ1n) is 9.91. The molecule has 0 bridgehead atoms. The van der Waals surface area contributed by atoms with Crippen LogP contribution < -0.4 is 4.74 Å². The number of para-hydroxylation sites is 1. The van der Waals surface area contributed by atoms with Crippen molar-refractivity contribution in [2.24, 2.45) is 0 Å². The van der Waals surface area contributed by atoms with Crippen molar-refractivity contribution in [3.05, 3.63) is 59.9 Å². The zero-order chi connectivity index (χ0) is 21.7. The van der Waals surface area contributed by atoms with Gasteiger partial charge >= 0.3 is 5.97 Å². The first-order chi connectivity index (χ1) is 14.4. The summed E-state index contributed by atoms with van der Waals surface area (Å²) in [5.74, 6) is -1.05. The minimum Gasteiger partial charge on any atom is -0.485 e. The van der Waals surface area contributed by atoms with Gasteiger partial charge in [0.05, 0.1) is 20.1 Å². The van der Waals surface area contributed by atoms with Gasteiger partial charge in [0.1, 0.15) is 12.1 Å². The summed E-state index contributed by atoms with van der Waals surface area (Å²) in [6, 6.07) is 13.2. The highest BCUT2D eigenvalue weighted by atomic mass is 32.2. The largest absolute Gasteiger partial charge is 0.485 e. The molecule has 5 nitrogen and oxygen atoms in total. The molecule has 30 heavy (non-hydrogen) atoms. The minimum absolute atomic E-state index is 0.110. The summed E-state index contributed by atoms with van der Waals surface area (Å²) in [6.07, 6.45) is -0.0525. The number of rotatable bonds is 7. The second-order valence-corrected chi connectivity index (χ2v) is 9.13. The molecule has 2 aromatic rings. The predicted molar refractivity (Wildman–Crippen MR) is 114 cm³/mol. The van der Waals surface area contributed by atoms with Crippen molar-refractivity contribution >= 4 is 23.6 Å². The molecule has 1 amide bonds.